The third kappa shape index (κ3) is 2.12. The topological polar surface area (TPSA) is 60.9 Å². The fraction of sp³-hybridized carbons (Fsp3) is 0.800. The number of piperidine rings is 1. The summed E-state index contributed by atoms with van der Waals surface area (Å²) in [6.45, 7) is 4.46. The summed E-state index contributed by atoms with van der Waals surface area (Å²) in [5.74, 6) is -0.896. The third-order valence-corrected chi connectivity index (χ3v) is 3.36. The molecule has 1 N–H and O–H groups in total. The molecule has 5 nitrogen and oxygen atoms in total. The first-order valence-electron chi connectivity index (χ1n) is 5.21. The number of carboxylic acids is 1. The van der Waals surface area contributed by atoms with Gasteiger partial charge in [0.2, 0.25) is 6.41 Å². The van der Waals surface area contributed by atoms with E-state index in [0.29, 0.717) is 19.3 Å². The van der Waals surface area contributed by atoms with Crippen LogP contribution in [0.15, 0.2) is 0 Å². The highest BCUT2D eigenvalue weighted by Crippen LogP contribution is 2.27. The minimum absolute atomic E-state index is 0.505. The van der Waals surface area contributed by atoms with Crippen LogP contribution in [0.5, 0.6) is 0 Å². The Balaban J connectivity index is 2.78. The number of aliphatic carboxylic acids is 1. The lowest BCUT2D eigenvalue weighted by Gasteiger charge is -2.42. The number of hydrogen-bond acceptors (Lipinski definition) is 3. The molecule has 0 aromatic carbocycles. The van der Waals surface area contributed by atoms with Crippen molar-refractivity contribution in [3.05, 3.63) is 0 Å². The Morgan fingerprint density at radius 3 is 2.40 bits per heavy atom. The summed E-state index contributed by atoms with van der Waals surface area (Å²) in [5, 5.41) is 9.23. The molecule has 1 aliphatic heterocycles. The molecule has 0 aromatic heterocycles. The van der Waals surface area contributed by atoms with E-state index in [-0.39, 0.29) is 0 Å². The van der Waals surface area contributed by atoms with Gasteiger partial charge < -0.3 is 14.9 Å². The first kappa shape index (κ1) is 12.0. The van der Waals surface area contributed by atoms with Gasteiger partial charge in [0, 0.05) is 20.1 Å². The van der Waals surface area contributed by atoms with Gasteiger partial charge in [-0.05, 0) is 19.4 Å². The van der Waals surface area contributed by atoms with Crippen molar-refractivity contribution in [3.63, 3.8) is 0 Å². The zero-order valence-electron chi connectivity index (χ0n) is 9.27. The van der Waals surface area contributed by atoms with Crippen molar-refractivity contribution in [3.8, 4) is 0 Å². The first-order chi connectivity index (χ1) is 7.06. The monoisotopic (exact) mass is 214 g/mol. The zero-order valence-corrected chi connectivity index (χ0v) is 9.27. The highest BCUT2D eigenvalue weighted by atomic mass is 16.4. The summed E-state index contributed by atoms with van der Waals surface area (Å²) >= 11 is 0. The Morgan fingerprint density at radius 2 is 2.07 bits per heavy atom. The van der Waals surface area contributed by atoms with Crippen molar-refractivity contribution in [2.24, 2.45) is 0 Å². The van der Waals surface area contributed by atoms with E-state index < -0.39 is 11.5 Å². The normalized spacial score (nSPS) is 20.9. The smallest absolute Gasteiger partial charge is 0.329 e. The van der Waals surface area contributed by atoms with Gasteiger partial charge in [0.05, 0.1) is 0 Å². The van der Waals surface area contributed by atoms with Gasteiger partial charge in [0.1, 0.15) is 5.54 Å². The second-order valence-corrected chi connectivity index (χ2v) is 3.99. The van der Waals surface area contributed by atoms with Crippen LogP contribution in [-0.4, -0.2) is 59.5 Å². The SMILES string of the molecule is CCN1CCC(C(=O)O)(N(C)C=O)CC1. The minimum Gasteiger partial charge on any atom is -0.479 e. The lowest BCUT2D eigenvalue weighted by Crippen LogP contribution is -2.58. The molecule has 0 saturated carbocycles. The number of likely N-dealkylation sites (N-methyl/N-ethyl adjacent to an activating group) is 1. The Labute approximate surface area is 89.7 Å². The largest absolute Gasteiger partial charge is 0.479 e. The molecule has 1 fully saturated rings. The van der Waals surface area contributed by atoms with Crippen LogP contribution in [0.2, 0.25) is 0 Å². The molecule has 1 saturated heterocycles. The van der Waals surface area contributed by atoms with E-state index in [1.165, 1.54) is 4.90 Å². The number of hydrogen-bond donors (Lipinski definition) is 1. The Bertz CT molecular complexity index is 247. The Morgan fingerprint density at radius 1 is 1.53 bits per heavy atom. The van der Waals surface area contributed by atoms with Crippen LogP contribution in [-0.2, 0) is 9.59 Å². The third-order valence-electron chi connectivity index (χ3n) is 3.36. The van der Waals surface area contributed by atoms with Crippen molar-refractivity contribution in [1.29, 1.82) is 0 Å². The number of rotatable bonds is 4. The Kier molecular flexibility index (Phi) is 3.68. The maximum absolute atomic E-state index is 11.3. The maximum atomic E-state index is 11.3. The number of carboxylic acid groups (broad SMARTS) is 1. The highest BCUT2D eigenvalue weighted by molar-refractivity contribution is 5.81. The molecular formula is C10H18N2O3. The van der Waals surface area contributed by atoms with E-state index >= 15 is 0 Å². The summed E-state index contributed by atoms with van der Waals surface area (Å²) in [7, 11) is 1.54. The van der Waals surface area contributed by atoms with Crippen LogP contribution in [0.25, 0.3) is 0 Å². The molecule has 1 aliphatic rings. The number of nitrogens with zero attached hydrogens (tertiary/aromatic N) is 2. The molecule has 0 bridgehead atoms. The lowest BCUT2D eigenvalue weighted by molar-refractivity contribution is -0.157. The maximum Gasteiger partial charge on any atom is 0.329 e. The summed E-state index contributed by atoms with van der Waals surface area (Å²) in [4.78, 5) is 25.5. The molecule has 5 heteroatoms. The second kappa shape index (κ2) is 4.61. The predicted molar refractivity (Wildman–Crippen MR) is 55.5 cm³/mol. The van der Waals surface area contributed by atoms with Crippen molar-refractivity contribution in [2.45, 2.75) is 25.3 Å². The van der Waals surface area contributed by atoms with Crippen molar-refractivity contribution in [2.75, 3.05) is 26.7 Å². The van der Waals surface area contributed by atoms with E-state index in [0.717, 1.165) is 19.6 Å². The van der Waals surface area contributed by atoms with Crippen molar-refractivity contribution in [1.82, 2.24) is 9.80 Å². The summed E-state index contributed by atoms with van der Waals surface area (Å²) in [6, 6.07) is 0. The van der Waals surface area contributed by atoms with Gasteiger partial charge in [-0.25, -0.2) is 4.79 Å². The molecule has 1 heterocycles. The highest BCUT2D eigenvalue weighted by Gasteiger charge is 2.44. The van der Waals surface area contributed by atoms with E-state index in [1.54, 1.807) is 7.05 Å². The summed E-state index contributed by atoms with van der Waals surface area (Å²) in [5.41, 5.74) is -0.993. The van der Waals surface area contributed by atoms with Crippen molar-refractivity contribution < 1.29 is 14.7 Å². The molecule has 0 radical (unpaired) electrons. The molecule has 0 atom stereocenters. The first-order valence-corrected chi connectivity index (χ1v) is 5.21. The molecule has 0 aliphatic carbocycles. The molecule has 15 heavy (non-hydrogen) atoms. The van der Waals surface area contributed by atoms with E-state index in [1.807, 2.05) is 0 Å². The summed E-state index contributed by atoms with van der Waals surface area (Å²) < 4.78 is 0. The minimum atomic E-state index is -0.993. The molecule has 1 rings (SSSR count). The van der Waals surface area contributed by atoms with Crippen LogP contribution < -0.4 is 0 Å². The predicted octanol–water partition coefficient (Wildman–Crippen LogP) is 0.0137. The second-order valence-electron chi connectivity index (χ2n) is 3.99. The van der Waals surface area contributed by atoms with Gasteiger partial charge in [-0.2, -0.15) is 0 Å². The van der Waals surface area contributed by atoms with E-state index in [2.05, 4.69) is 11.8 Å². The number of carbonyl (C=O) groups excluding carboxylic acids is 1. The average Bonchev–Trinajstić information content (AvgIpc) is 2.27. The van der Waals surface area contributed by atoms with Crippen LogP contribution in [0.4, 0.5) is 0 Å². The number of amides is 1. The van der Waals surface area contributed by atoms with Crippen molar-refractivity contribution >= 4 is 12.4 Å². The lowest BCUT2D eigenvalue weighted by atomic mass is 9.86. The molecule has 0 aromatic rings. The fourth-order valence-electron chi connectivity index (χ4n) is 2.06. The van der Waals surface area contributed by atoms with Gasteiger partial charge in [-0.15, -0.1) is 0 Å². The van der Waals surface area contributed by atoms with Gasteiger partial charge in [-0.1, -0.05) is 6.92 Å². The number of likely N-dealkylation sites (tertiary alicyclic amines) is 1. The molecule has 0 unspecified atom stereocenters. The average molecular weight is 214 g/mol. The Hall–Kier alpha value is -1.10. The van der Waals surface area contributed by atoms with Gasteiger partial charge >= 0.3 is 5.97 Å². The quantitative estimate of drug-likeness (QED) is 0.670. The molecule has 86 valence electrons. The van der Waals surface area contributed by atoms with Crippen LogP contribution >= 0.6 is 0 Å². The van der Waals surface area contributed by atoms with Gasteiger partial charge in [-0.3, -0.25) is 4.79 Å². The number of carbonyl (C=O) groups is 2. The molecule has 1 amide bonds. The van der Waals surface area contributed by atoms with Crippen LogP contribution in [0.1, 0.15) is 19.8 Å². The molecular weight excluding hydrogens is 196 g/mol. The van der Waals surface area contributed by atoms with E-state index in [4.69, 9.17) is 0 Å². The standard InChI is InChI=1S/C10H18N2O3/c1-3-12-6-4-10(5-7-12,9(14)15)11(2)8-13/h8H,3-7H2,1-2H3,(H,14,15). The zero-order chi connectivity index (χ0) is 11.5. The van der Waals surface area contributed by atoms with Gasteiger partial charge in [0.15, 0.2) is 0 Å². The molecule has 0 spiro atoms. The van der Waals surface area contributed by atoms with Crippen LogP contribution in [0.3, 0.4) is 0 Å². The fourth-order valence-corrected chi connectivity index (χ4v) is 2.06. The summed E-state index contributed by atoms with van der Waals surface area (Å²) in [6.07, 6.45) is 1.62. The van der Waals surface area contributed by atoms with Crippen LogP contribution in [0, 0.1) is 0 Å². The van der Waals surface area contributed by atoms with E-state index in [9.17, 15) is 14.7 Å². The van der Waals surface area contributed by atoms with Gasteiger partial charge in [0.25, 0.3) is 0 Å².